The summed E-state index contributed by atoms with van der Waals surface area (Å²) in [5.41, 5.74) is 1.21. The van der Waals surface area contributed by atoms with Crippen LogP contribution in [0.1, 0.15) is 6.92 Å². The molecular formula is C24H21BrN2O5S. The molecule has 0 aliphatic heterocycles. The Bertz CT molecular complexity index is 1350. The highest BCUT2D eigenvalue weighted by Gasteiger charge is 2.29. The minimum Gasteiger partial charge on any atom is -0.497 e. The van der Waals surface area contributed by atoms with Crippen molar-refractivity contribution in [3.05, 3.63) is 77.3 Å². The van der Waals surface area contributed by atoms with E-state index in [9.17, 15) is 8.42 Å². The van der Waals surface area contributed by atoms with Crippen LogP contribution in [0, 0.1) is 0 Å². The van der Waals surface area contributed by atoms with Crippen molar-refractivity contribution in [1.29, 1.82) is 0 Å². The number of sulfone groups is 1. The van der Waals surface area contributed by atoms with Gasteiger partial charge in [0.05, 0.1) is 18.6 Å². The van der Waals surface area contributed by atoms with Gasteiger partial charge in [0.25, 0.3) is 0 Å². The fourth-order valence-electron chi connectivity index (χ4n) is 3.11. The van der Waals surface area contributed by atoms with Crippen molar-refractivity contribution in [3.8, 4) is 23.0 Å². The first kappa shape index (κ1) is 22.9. The van der Waals surface area contributed by atoms with Gasteiger partial charge in [0.2, 0.25) is 26.6 Å². The number of hydrogen-bond donors (Lipinski definition) is 1. The Hall–Kier alpha value is -3.30. The number of benzene rings is 3. The van der Waals surface area contributed by atoms with E-state index >= 15 is 0 Å². The highest BCUT2D eigenvalue weighted by atomic mass is 79.9. The maximum atomic E-state index is 13.4. The topological polar surface area (TPSA) is 90.7 Å². The molecule has 0 aliphatic carbocycles. The normalized spacial score (nSPS) is 11.2. The van der Waals surface area contributed by atoms with Gasteiger partial charge >= 0.3 is 0 Å². The number of oxazole rings is 1. The Morgan fingerprint density at radius 2 is 1.73 bits per heavy atom. The van der Waals surface area contributed by atoms with E-state index in [1.807, 2.05) is 6.92 Å². The number of hydrogen-bond acceptors (Lipinski definition) is 7. The van der Waals surface area contributed by atoms with Crippen molar-refractivity contribution in [2.45, 2.75) is 16.8 Å². The summed E-state index contributed by atoms with van der Waals surface area (Å²) in [5, 5.41) is 2.82. The minimum absolute atomic E-state index is 0.00931. The first-order chi connectivity index (χ1) is 15.9. The van der Waals surface area contributed by atoms with Gasteiger partial charge in [-0.15, -0.1) is 0 Å². The van der Waals surface area contributed by atoms with Crippen LogP contribution >= 0.6 is 15.9 Å². The molecule has 0 bridgehead atoms. The summed E-state index contributed by atoms with van der Waals surface area (Å²) in [7, 11) is -2.41. The first-order valence-corrected chi connectivity index (χ1v) is 12.3. The predicted octanol–water partition coefficient (Wildman–Crippen LogP) is 6.09. The lowest BCUT2D eigenvalue weighted by Crippen LogP contribution is -2.05. The molecule has 0 unspecified atom stereocenters. The number of aromatic nitrogens is 1. The number of nitrogens with zero attached hydrogens (tertiary/aromatic N) is 1. The van der Waals surface area contributed by atoms with Crippen LogP contribution in [0.5, 0.6) is 11.5 Å². The van der Waals surface area contributed by atoms with Crippen LogP contribution in [0.4, 0.5) is 11.6 Å². The Labute approximate surface area is 200 Å². The summed E-state index contributed by atoms with van der Waals surface area (Å²) in [5.74, 6) is 1.49. The van der Waals surface area contributed by atoms with E-state index in [1.54, 1.807) is 67.8 Å². The highest BCUT2D eigenvalue weighted by Crippen LogP contribution is 2.35. The summed E-state index contributed by atoms with van der Waals surface area (Å²) < 4.78 is 44.3. The zero-order valence-corrected chi connectivity index (χ0v) is 20.3. The third-order valence-electron chi connectivity index (χ3n) is 4.71. The van der Waals surface area contributed by atoms with Crippen molar-refractivity contribution < 1.29 is 22.3 Å². The lowest BCUT2D eigenvalue weighted by molar-refractivity contribution is 0.340. The van der Waals surface area contributed by atoms with Gasteiger partial charge in [0.15, 0.2) is 0 Å². The molecule has 1 aromatic heterocycles. The van der Waals surface area contributed by atoms with Crippen molar-refractivity contribution in [2.24, 2.45) is 0 Å². The molecule has 0 amide bonds. The molecule has 33 heavy (non-hydrogen) atoms. The number of halogens is 1. The van der Waals surface area contributed by atoms with E-state index in [4.69, 9.17) is 13.9 Å². The van der Waals surface area contributed by atoms with Crippen LogP contribution in [0.15, 0.2) is 91.6 Å². The molecule has 0 fully saturated rings. The van der Waals surface area contributed by atoms with Gasteiger partial charge in [-0.05, 0) is 67.6 Å². The van der Waals surface area contributed by atoms with Gasteiger partial charge in [-0.25, -0.2) is 8.42 Å². The molecule has 0 atom stereocenters. The van der Waals surface area contributed by atoms with Crippen molar-refractivity contribution in [1.82, 2.24) is 4.98 Å². The molecule has 0 saturated carbocycles. The molecule has 0 radical (unpaired) electrons. The first-order valence-electron chi connectivity index (χ1n) is 10.1. The monoisotopic (exact) mass is 528 g/mol. The predicted molar refractivity (Wildman–Crippen MR) is 129 cm³/mol. The van der Waals surface area contributed by atoms with Crippen LogP contribution in [0.2, 0.25) is 0 Å². The summed E-state index contributed by atoms with van der Waals surface area (Å²) in [6, 6.07) is 20.5. The number of ether oxygens (including phenoxy) is 2. The Kier molecular flexibility index (Phi) is 6.71. The molecule has 0 spiro atoms. The van der Waals surface area contributed by atoms with Crippen LogP contribution < -0.4 is 14.8 Å². The van der Waals surface area contributed by atoms with Gasteiger partial charge in [-0.3, -0.25) is 0 Å². The van der Waals surface area contributed by atoms with Crippen LogP contribution in [0.3, 0.4) is 0 Å². The Morgan fingerprint density at radius 3 is 2.39 bits per heavy atom. The van der Waals surface area contributed by atoms with Gasteiger partial charge in [-0.2, -0.15) is 4.98 Å². The molecule has 9 heteroatoms. The molecule has 0 aliphatic rings. The number of anilines is 2. The molecule has 4 aromatic rings. The second-order valence-electron chi connectivity index (χ2n) is 6.92. The van der Waals surface area contributed by atoms with Crippen LogP contribution in [-0.4, -0.2) is 27.1 Å². The van der Waals surface area contributed by atoms with E-state index in [2.05, 4.69) is 26.2 Å². The SMILES string of the molecule is CCOc1ccc(-c2nc(S(=O)(=O)c3ccc(Br)cc3)c(Nc3cccc(OC)c3)o2)cc1. The molecular weight excluding hydrogens is 508 g/mol. The molecule has 7 nitrogen and oxygen atoms in total. The van der Waals surface area contributed by atoms with Crippen molar-refractivity contribution in [3.63, 3.8) is 0 Å². The summed E-state index contributed by atoms with van der Waals surface area (Å²) in [4.78, 5) is 4.47. The average molecular weight is 529 g/mol. The van der Waals surface area contributed by atoms with Crippen LogP contribution in [-0.2, 0) is 9.84 Å². The van der Waals surface area contributed by atoms with E-state index in [1.165, 1.54) is 12.1 Å². The van der Waals surface area contributed by atoms with Gasteiger partial charge < -0.3 is 19.2 Å². The van der Waals surface area contributed by atoms with Gasteiger partial charge in [0.1, 0.15) is 11.5 Å². The smallest absolute Gasteiger partial charge is 0.238 e. The van der Waals surface area contributed by atoms with E-state index in [0.29, 0.717) is 29.4 Å². The van der Waals surface area contributed by atoms with Crippen molar-refractivity contribution >= 4 is 37.3 Å². The third-order valence-corrected chi connectivity index (χ3v) is 6.92. The highest BCUT2D eigenvalue weighted by molar-refractivity contribution is 9.10. The lowest BCUT2D eigenvalue weighted by Gasteiger charge is -2.07. The molecule has 1 N–H and O–H groups in total. The van der Waals surface area contributed by atoms with E-state index < -0.39 is 9.84 Å². The summed E-state index contributed by atoms with van der Waals surface area (Å²) >= 11 is 3.33. The fourth-order valence-corrected chi connectivity index (χ4v) is 4.63. The zero-order valence-electron chi connectivity index (χ0n) is 17.9. The maximum absolute atomic E-state index is 13.4. The molecule has 1 heterocycles. The number of nitrogens with one attached hydrogen (secondary N) is 1. The van der Waals surface area contributed by atoms with Gasteiger partial charge in [0, 0.05) is 21.8 Å². The molecule has 3 aromatic carbocycles. The summed E-state index contributed by atoms with van der Waals surface area (Å²) in [6.45, 7) is 2.44. The fraction of sp³-hybridized carbons (Fsp3) is 0.125. The maximum Gasteiger partial charge on any atom is 0.238 e. The van der Waals surface area contributed by atoms with Gasteiger partial charge in [-0.1, -0.05) is 22.0 Å². The quantitative estimate of drug-likeness (QED) is 0.296. The Balaban J connectivity index is 1.79. The van der Waals surface area contributed by atoms with E-state index in [-0.39, 0.29) is 21.7 Å². The zero-order chi connectivity index (χ0) is 23.4. The molecule has 170 valence electrons. The minimum atomic E-state index is -3.97. The largest absolute Gasteiger partial charge is 0.497 e. The standard InChI is InChI=1S/C24H21BrN2O5S/c1-3-31-19-11-7-16(8-12-19)22-27-24(33(28,29)21-13-9-17(25)10-14-21)23(32-22)26-18-5-4-6-20(15-18)30-2/h4-15,26H,3H2,1-2H3. The summed E-state index contributed by atoms with van der Waals surface area (Å²) in [6.07, 6.45) is 0. The molecule has 0 saturated heterocycles. The van der Waals surface area contributed by atoms with Crippen molar-refractivity contribution in [2.75, 3.05) is 19.0 Å². The third kappa shape index (κ3) is 5.04. The van der Waals surface area contributed by atoms with E-state index in [0.717, 1.165) is 4.47 Å². The second-order valence-corrected chi connectivity index (χ2v) is 9.71. The lowest BCUT2D eigenvalue weighted by atomic mass is 10.2. The number of methoxy groups -OCH3 is 1. The molecule has 4 rings (SSSR count). The number of rotatable bonds is 8. The average Bonchev–Trinajstić information content (AvgIpc) is 3.25. The van der Waals surface area contributed by atoms with Crippen LogP contribution in [0.25, 0.3) is 11.5 Å². The Morgan fingerprint density at radius 1 is 1.00 bits per heavy atom. The second kappa shape index (κ2) is 9.68.